The summed E-state index contributed by atoms with van der Waals surface area (Å²) in [5, 5.41) is 0. The highest BCUT2D eigenvalue weighted by atomic mass is 16.5. The van der Waals surface area contributed by atoms with E-state index in [4.69, 9.17) is 4.74 Å². The smallest absolute Gasteiger partial charge is 0.134 e. The average Bonchev–Trinajstić information content (AvgIpc) is 2.11. The zero-order valence-corrected chi connectivity index (χ0v) is 9.18. The van der Waals surface area contributed by atoms with E-state index >= 15 is 0 Å². The Morgan fingerprint density at radius 2 is 2.00 bits per heavy atom. The quantitative estimate of drug-likeness (QED) is 0.735. The fourth-order valence-corrected chi connectivity index (χ4v) is 1.54. The highest BCUT2D eigenvalue weighted by molar-refractivity contribution is 5.79. The maximum Gasteiger partial charge on any atom is 0.134 e. The van der Waals surface area contributed by atoms with Gasteiger partial charge in [-0.2, -0.15) is 0 Å². The van der Waals surface area contributed by atoms with Crippen LogP contribution in [-0.4, -0.2) is 12.9 Å². The van der Waals surface area contributed by atoms with Crippen molar-refractivity contribution >= 4 is 5.78 Å². The lowest BCUT2D eigenvalue weighted by Gasteiger charge is -2.12. The second kappa shape index (κ2) is 4.27. The summed E-state index contributed by atoms with van der Waals surface area (Å²) >= 11 is 0. The second-order valence-corrected chi connectivity index (χ2v) is 3.58. The molecule has 0 bridgehead atoms. The highest BCUT2D eigenvalue weighted by Gasteiger charge is 2.09. The average molecular weight is 192 g/mol. The van der Waals surface area contributed by atoms with Crippen LogP contribution in [0.5, 0.6) is 5.75 Å². The summed E-state index contributed by atoms with van der Waals surface area (Å²) in [4.78, 5) is 11.0. The van der Waals surface area contributed by atoms with E-state index in [2.05, 4.69) is 0 Å². The van der Waals surface area contributed by atoms with Crippen LogP contribution >= 0.6 is 0 Å². The van der Waals surface area contributed by atoms with E-state index in [-0.39, 0.29) is 5.78 Å². The van der Waals surface area contributed by atoms with Crippen LogP contribution in [0.2, 0.25) is 0 Å². The van der Waals surface area contributed by atoms with E-state index in [1.807, 2.05) is 26.0 Å². The molecule has 0 aromatic heterocycles. The monoisotopic (exact) mass is 192 g/mol. The fraction of sp³-hybridized carbons (Fsp3) is 0.417. The predicted molar refractivity (Wildman–Crippen MR) is 56.9 cm³/mol. The Morgan fingerprint density at radius 1 is 1.36 bits per heavy atom. The van der Waals surface area contributed by atoms with E-state index in [0.29, 0.717) is 6.42 Å². The lowest BCUT2D eigenvalue weighted by Crippen LogP contribution is -2.01. The molecule has 0 heterocycles. The van der Waals surface area contributed by atoms with Crippen LogP contribution in [0.15, 0.2) is 12.1 Å². The first-order valence-corrected chi connectivity index (χ1v) is 4.68. The summed E-state index contributed by atoms with van der Waals surface area (Å²) in [6, 6.07) is 3.98. The summed E-state index contributed by atoms with van der Waals surface area (Å²) in [6.45, 7) is 5.64. The van der Waals surface area contributed by atoms with E-state index in [0.717, 1.165) is 16.9 Å². The lowest BCUT2D eigenvalue weighted by molar-refractivity contribution is -0.116. The van der Waals surface area contributed by atoms with Crippen molar-refractivity contribution in [1.82, 2.24) is 0 Å². The number of ketones is 1. The van der Waals surface area contributed by atoms with Crippen molar-refractivity contribution < 1.29 is 9.53 Å². The summed E-state index contributed by atoms with van der Waals surface area (Å²) in [5.74, 6) is 1.01. The van der Waals surface area contributed by atoms with Gasteiger partial charge >= 0.3 is 0 Å². The van der Waals surface area contributed by atoms with Crippen LogP contribution in [0.4, 0.5) is 0 Å². The van der Waals surface area contributed by atoms with Crippen molar-refractivity contribution in [1.29, 1.82) is 0 Å². The Balaban J connectivity index is 3.17. The molecule has 76 valence electrons. The molecule has 0 unspecified atom stereocenters. The third-order valence-corrected chi connectivity index (χ3v) is 2.40. The molecule has 1 rings (SSSR count). The zero-order chi connectivity index (χ0) is 10.7. The van der Waals surface area contributed by atoms with Crippen molar-refractivity contribution in [2.45, 2.75) is 27.2 Å². The van der Waals surface area contributed by atoms with Crippen LogP contribution in [0.25, 0.3) is 0 Å². The standard InChI is InChI=1S/C12H16O2/c1-8-5-6-11(7-9(2)13)12(14-4)10(8)3/h5-6H,7H2,1-4H3. The highest BCUT2D eigenvalue weighted by Crippen LogP contribution is 2.26. The van der Waals surface area contributed by atoms with Gasteiger partial charge in [-0.1, -0.05) is 12.1 Å². The number of hydrogen-bond acceptors (Lipinski definition) is 2. The number of methoxy groups -OCH3 is 1. The van der Waals surface area contributed by atoms with Gasteiger partial charge in [0.2, 0.25) is 0 Å². The molecule has 0 spiro atoms. The maximum absolute atomic E-state index is 11.0. The molecule has 0 N–H and O–H groups in total. The molecule has 1 aromatic carbocycles. The minimum atomic E-state index is 0.159. The SMILES string of the molecule is COc1c(CC(C)=O)ccc(C)c1C. The third-order valence-electron chi connectivity index (χ3n) is 2.40. The van der Waals surface area contributed by atoms with E-state index < -0.39 is 0 Å². The third kappa shape index (κ3) is 2.13. The molecule has 2 heteroatoms. The molecule has 0 aliphatic heterocycles. The first-order valence-electron chi connectivity index (χ1n) is 4.68. The van der Waals surface area contributed by atoms with Gasteiger partial charge in [-0.25, -0.2) is 0 Å². The number of benzene rings is 1. The number of ether oxygens (including phenoxy) is 1. The number of carbonyl (C=O) groups is 1. The van der Waals surface area contributed by atoms with Crippen molar-refractivity contribution in [2.75, 3.05) is 7.11 Å². The van der Waals surface area contributed by atoms with Gasteiger partial charge in [0.1, 0.15) is 11.5 Å². The van der Waals surface area contributed by atoms with Gasteiger partial charge in [0.25, 0.3) is 0 Å². The van der Waals surface area contributed by atoms with E-state index in [1.54, 1.807) is 14.0 Å². The van der Waals surface area contributed by atoms with Gasteiger partial charge < -0.3 is 4.74 Å². The topological polar surface area (TPSA) is 26.3 Å². The Kier molecular flexibility index (Phi) is 3.28. The molecular formula is C12H16O2. The molecule has 0 atom stereocenters. The molecule has 0 radical (unpaired) electrons. The predicted octanol–water partition coefficient (Wildman–Crippen LogP) is 2.44. The second-order valence-electron chi connectivity index (χ2n) is 3.58. The maximum atomic E-state index is 11.0. The fourth-order valence-electron chi connectivity index (χ4n) is 1.54. The molecule has 1 aromatic rings. The molecule has 0 amide bonds. The Bertz CT molecular complexity index is 354. The molecule has 0 aliphatic carbocycles. The summed E-state index contributed by atoms with van der Waals surface area (Å²) < 4.78 is 5.31. The van der Waals surface area contributed by atoms with Crippen molar-refractivity contribution in [3.05, 3.63) is 28.8 Å². The van der Waals surface area contributed by atoms with Gasteiger partial charge in [0, 0.05) is 12.0 Å². The van der Waals surface area contributed by atoms with Crippen molar-refractivity contribution in [3.63, 3.8) is 0 Å². The number of carbonyl (C=O) groups excluding carboxylic acids is 1. The van der Waals surface area contributed by atoms with Gasteiger partial charge in [0.05, 0.1) is 7.11 Å². The number of rotatable bonds is 3. The van der Waals surface area contributed by atoms with Crippen LogP contribution in [0.3, 0.4) is 0 Å². The molecule has 14 heavy (non-hydrogen) atoms. The molecule has 2 nitrogen and oxygen atoms in total. The minimum absolute atomic E-state index is 0.159. The molecule has 0 saturated heterocycles. The van der Waals surface area contributed by atoms with Gasteiger partial charge in [-0.3, -0.25) is 4.79 Å². The lowest BCUT2D eigenvalue weighted by atomic mass is 10.0. The summed E-state index contributed by atoms with van der Waals surface area (Å²) in [5.41, 5.74) is 3.28. The molecular weight excluding hydrogens is 176 g/mol. The Labute approximate surface area is 84.9 Å². The van der Waals surface area contributed by atoms with Crippen LogP contribution in [0, 0.1) is 13.8 Å². The normalized spacial score (nSPS) is 10.0. The zero-order valence-electron chi connectivity index (χ0n) is 9.18. The molecule has 0 aliphatic rings. The first kappa shape index (κ1) is 10.8. The van der Waals surface area contributed by atoms with Gasteiger partial charge in [-0.05, 0) is 31.9 Å². The van der Waals surface area contributed by atoms with Gasteiger partial charge in [-0.15, -0.1) is 0 Å². The molecule has 0 saturated carbocycles. The van der Waals surface area contributed by atoms with Crippen LogP contribution < -0.4 is 4.74 Å². The van der Waals surface area contributed by atoms with Crippen LogP contribution in [-0.2, 0) is 11.2 Å². The van der Waals surface area contributed by atoms with E-state index in [1.165, 1.54) is 5.56 Å². The van der Waals surface area contributed by atoms with E-state index in [9.17, 15) is 4.79 Å². The number of hydrogen-bond donors (Lipinski definition) is 0. The largest absolute Gasteiger partial charge is 0.496 e. The van der Waals surface area contributed by atoms with Crippen LogP contribution in [0.1, 0.15) is 23.6 Å². The van der Waals surface area contributed by atoms with Crippen molar-refractivity contribution in [2.24, 2.45) is 0 Å². The minimum Gasteiger partial charge on any atom is -0.496 e. The first-order chi connectivity index (χ1) is 6.56. The molecule has 0 fully saturated rings. The van der Waals surface area contributed by atoms with Gasteiger partial charge in [0.15, 0.2) is 0 Å². The summed E-state index contributed by atoms with van der Waals surface area (Å²) in [6.07, 6.45) is 0.449. The number of Topliss-reactive ketones (excluding diaryl/α,β-unsaturated/α-hetero) is 1. The van der Waals surface area contributed by atoms with Crippen molar-refractivity contribution in [3.8, 4) is 5.75 Å². The number of aryl methyl sites for hydroxylation is 1. The Morgan fingerprint density at radius 3 is 2.50 bits per heavy atom. The Hall–Kier alpha value is -1.31. The summed E-state index contributed by atoms with van der Waals surface area (Å²) in [7, 11) is 1.64.